The Morgan fingerprint density at radius 3 is 1.48 bits per heavy atom. The predicted octanol–water partition coefficient (Wildman–Crippen LogP) is 12.3. The Morgan fingerprint density at radius 2 is 0.986 bits per heavy atom. The summed E-state index contributed by atoms with van der Waals surface area (Å²) in [6, 6.07) is 33.0. The summed E-state index contributed by atoms with van der Waals surface area (Å²) in [6.07, 6.45) is 0.654. The predicted molar refractivity (Wildman–Crippen MR) is 241 cm³/mol. The van der Waals surface area contributed by atoms with Crippen molar-refractivity contribution >= 4 is 44.0 Å². The van der Waals surface area contributed by atoms with Crippen LogP contribution in [0, 0.1) is 5.53 Å². The van der Waals surface area contributed by atoms with Gasteiger partial charge in [-0.1, -0.05) is 97.1 Å². The normalized spacial score (nSPS) is 14.0. The number of hydrogen-bond donors (Lipinski definition) is 2. The molecule has 0 unspecified atom stereocenters. The molecule has 29 heteroatoms. The van der Waals surface area contributed by atoms with Crippen molar-refractivity contribution in [2.45, 2.75) is 64.1 Å². The minimum atomic E-state index is -1.15. The summed E-state index contributed by atoms with van der Waals surface area (Å²) in [5.74, 6) is -0.312. The third-order valence-electron chi connectivity index (χ3n) is 9.45. The van der Waals surface area contributed by atoms with Crippen LogP contribution in [0.3, 0.4) is 0 Å². The largest absolute Gasteiger partial charge is 0.488 e. The molecular formula is C40H40N26O3. The number of hydrogen-bond acceptors (Lipinski definition) is 6. The molecule has 29 nitrogen and oxygen atoms in total. The molecule has 348 valence electrons. The maximum absolute atomic E-state index is 14.5. The lowest BCUT2D eigenvalue weighted by Crippen LogP contribution is -2.50. The van der Waals surface area contributed by atoms with Crippen molar-refractivity contribution in [1.82, 2.24) is 5.01 Å². The first-order valence-electron chi connectivity index (χ1n) is 20.5. The minimum Gasteiger partial charge on any atom is -0.488 e. The smallest absolute Gasteiger partial charge is 0.262 e. The highest BCUT2D eigenvalue weighted by Gasteiger charge is 2.33. The number of amides is 1. The number of carbonyl (C=O) groups excluding carboxylic acids is 2. The standard InChI is InChI=1S/C40H40N26O3/c1-40(2,3)69-33-19-12-27(13-20-33)24-34(41)39(68)66(65-64-63-62-61-60-59-58-57-56-55-54-53-52-51-50-49-48-47-46-45-44-43-42)35(25-26-8-5-4-6-9-26)36(67)21-14-28-22-31-17-15-29-10-7-11-30-16-18-32(23-28)38(31)37(29)30/h4-13,15-20,22-23,34-35,42H,14,21,24-25,41H2,1-3H3/b43-42?,45-44+,47-46+,49-48+,51-50+,53-52+,55-54+,57-56+,59-58+,61-60+,63-62+,65-64+/t34-,35-/m0/s1. The van der Waals surface area contributed by atoms with Crippen LogP contribution in [0.15, 0.2) is 229 Å². The molecule has 0 saturated carbocycles. The van der Waals surface area contributed by atoms with E-state index in [4.69, 9.17) is 16.0 Å². The van der Waals surface area contributed by atoms with Gasteiger partial charge >= 0.3 is 0 Å². The molecule has 1 amide bonds. The van der Waals surface area contributed by atoms with Crippen molar-refractivity contribution in [3.8, 4) is 5.75 Å². The minimum absolute atomic E-state index is 0.0646. The van der Waals surface area contributed by atoms with E-state index >= 15 is 0 Å². The molecule has 0 aromatic heterocycles. The monoisotopic (exact) mass is 932 g/mol. The van der Waals surface area contributed by atoms with Crippen LogP contribution < -0.4 is 10.5 Å². The van der Waals surface area contributed by atoms with E-state index in [1.54, 1.807) is 12.1 Å². The topological polar surface area (TPSA) is 381 Å². The maximum atomic E-state index is 14.5. The summed E-state index contributed by atoms with van der Waals surface area (Å²) in [5.41, 5.74) is 15.0. The molecule has 0 radical (unpaired) electrons. The maximum Gasteiger partial charge on any atom is 0.262 e. The SMILES string of the molecule is CC(C)(C)Oc1ccc(C[C@H](N)C(=O)N(/N=N/N=N/N=N/N=N/N=N/N=N/N=N/N=N/N=N/N=N/N=N/N=N)[C@@H](Cc2ccccc2)C(=O)CCc2cc3ccc4cccc5ccc(c2)c3c45)cc1. The molecule has 6 aromatic rings. The van der Waals surface area contributed by atoms with Crippen LogP contribution in [-0.4, -0.2) is 34.4 Å². The van der Waals surface area contributed by atoms with Crippen molar-refractivity contribution < 1.29 is 14.3 Å². The number of rotatable bonds is 23. The Labute approximate surface area is 389 Å². The van der Waals surface area contributed by atoms with E-state index in [0.29, 0.717) is 12.2 Å². The Morgan fingerprint density at radius 1 is 0.536 bits per heavy atom. The van der Waals surface area contributed by atoms with E-state index in [2.05, 4.69) is 169 Å². The van der Waals surface area contributed by atoms with E-state index in [9.17, 15) is 9.59 Å². The fourth-order valence-corrected chi connectivity index (χ4v) is 6.81. The number of aryl methyl sites for hydroxylation is 1. The molecule has 6 aromatic carbocycles. The highest BCUT2D eigenvalue weighted by atomic mass is 16.5. The Balaban J connectivity index is 1.15. The number of benzene rings is 6. The van der Waals surface area contributed by atoms with Gasteiger partial charge in [-0.05, 0) is 178 Å². The summed E-state index contributed by atoms with van der Waals surface area (Å²) in [7, 11) is 0. The van der Waals surface area contributed by atoms with E-state index in [0.717, 1.165) is 43.2 Å². The molecule has 0 spiro atoms. The van der Waals surface area contributed by atoms with Gasteiger partial charge in [-0.25, -0.2) is 5.01 Å². The molecule has 0 aliphatic rings. The fourth-order valence-electron chi connectivity index (χ4n) is 6.81. The molecule has 0 heterocycles. The van der Waals surface area contributed by atoms with Gasteiger partial charge in [0.2, 0.25) is 0 Å². The fraction of sp³-hybridized carbons (Fsp3) is 0.250. The average molecular weight is 933 g/mol. The van der Waals surface area contributed by atoms with Crippen LogP contribution in [0.25, 0.3) is 32.3 Å². The van der Waals surface area contributed by atoms with Crippen LogP contribution in [0.4, 0.5) is 0 Å². The second-order valence-electron chi connectivity index (χ2n) is 15.2. The first-order chi connectivity index (χ1) is 33.6. The summed E-state index contributed by atoms with van der Waals surface area (Å²) in [5, 5.41) is 80.5. The van der Waals surface area contributed by atoms with Gasteiger partial charge < -0.3 is 10.5 Å². The summed E-state index contributed by atoms with van der Waals surface area (Å²) in [6.45, 7) is 5.83. The van der Waals surface area contributed by atoms with E-state index in [-0.39, 0.29) is 25.0 Å². The van der Waals surface area contributed by atoms with Crippen LogP contribution in [0.5, 0.6) is 5.75 Å². The lowest BCUT2D eigenvalue weighted by molar-refractivity contribution is -0.141. The van der Waals surface area contributed by atoms with Crippen molar-refractivity contribution in [3.63, 3.8) is 0 Å². The quantitative estimate of drug-likeness (QED) is 0.0359. The first kappa shape index (κ1) is 48.9. The molecule has 0 fully saturated rings. The summed E-state index contributed by atoms with van der Waals surface area (Å²) < 4.78 is 5.94. The number of ketones is 1. The summed E-state index contributed by atoms with van der Waals surface area (Å²) in [4.78, 5) is 28.8. The molecular weight excluding hydrogens is 893 g/mol. The highest BCUT2D eigenvalue weighted by molar-refractivity contribution is 6.23. The second-order valence-corrected chi connectivity index (χ2v) is 15.2. The molecule has 0 aliphatic carbocycles. The van der Waals surface area contributed by atoms with Crippen LogP contribution in [0.2, 0.25) is 0 Å². The lowest BCUT2D eigenvalue weighted by atomic mass is 9.91. The van der Waals surface area contributed by atoms with E-state index in [1.807, 2.05) is 69.3 Å². The number of nitrogens with one attached hydrogen (secondary N) is 1. The second kappa shape index (κ2) is 25.2. The van der Waals surface area contributed by atoms with Crippen LogP contribution >= 0.6 is 0 Å². The third-order valence-corrected chi connectivity index (χ3v) is 9.45. The van der Waals surface area contributed by atoms with Crippen molar-refractivity contribution in [2.75, 3.05) is 0 Å². The number of nitrogens with two attached hydrogens (primary N) is 1. The zero-order valence-electron chi connectivity index (χ0n) is 36.9. The zero-order chi connectivity index (χ0) is 48.7. The molecule has 2 atom stereocenters. The first-order valence-corrected chi connectivity index (χ1v) is 20.5. The van der Waals surface area contributed by atoms with Crippen molar-refractivity contribution in [1.29, 1.82) is 5.53 Å². The summed E-state index contributed by atoms with van der Waals surface area (Å²) >= 11 is 0. The van der Waals surface area contributed by atoms with Crippen LogP contribution in [-0.2, 0) is 28.9 Å². The number of carbonyl (C=O) groups is 2. The van der Waals surface area contributed by atoms with Crippen molar-refractivity contribution in [2.24, 2.45) is 126 Å². The van der Waals surface area contributed by atoms with Gasteiger partial charge in [0.1, 0.15) is 17.4 Å². The van der Waals surface area contributed by atoms with E-state index in [1.165, 1.54) is 10.8 Å². The highest BCUT2D eigenvalue weighted by Crippen LogP contribution is 2.35. The molecule has 69 heavy (non-hydrogen) atoms. The van der Waals surface area contributed by atoms with Gasteiger partial charge in [0, 0.05) is 49.4 Å². The van der Waals surface area contributed by atoms with Crippen molar-refractivity contribution in [3.05, 3.63) is 126 Å². The molecule has 0 aliphatic heterocycles. The molecule has 0 bridgehead atoms. The lowest BCUT2D eigenvalue weighted by Gasteiger charge is -2.27. The van der Waals surface area contributed by atoms with Gasteiger partial charge in [-0.15, -0.1) is 0 Å². The average Bonchev–Trinajstić information content (AvgIpc) is 3.35. The number of Topliss-reactive ketones (excluding diaryl/α,β-unsaturated/α-hetero) is 1. The van der Waals surface area contributed by atoms with Gasteiger partial charge in [0.25, 0.3) is 5.91 Å². The van der Waals surface area contributed by atoms with Gasteiger partial charge in [0.05, 0.1) is 6.04 Å². The van der Waals surface area contributed by atoms with Gasteiger partial charge in [0.15, 0.2) is 5.78 Å². The van der Waals surface area contributed by atoms with Gasteiger partial charge in [-0.2, -0.15) is 5.53 Å². The van der Waals surface area contributed by atoms with Crippen LogP contribution in [0.1, 0.15) is 43.9 Å². The molecule has 3 N–H and O–H groups in total. The zero-order valence-corrected chi connectivity index (χ0v) is 36.9. The Kier molecular flexibility index (Phi) is 17.9. The van der Waals surface area contributed by atoms with Gasteiger partial charge in [-0.3, -0.25) is 9.59 Å². The Hall–Kier alpha value is -9.54. The number of nitrogens with zero attached hydrogens (tertiary/aromatic N) is 24. The molecule has 0 saturated heterocycles. The third kappa shape index (κ3) is 15.3. The van der Waals surface area contributed by atoms with E-state index < -0.39 is 23.6 Å². The Bertz CT molecular complexity index is 2950. The number of ether oxygens (including phenoxy) is 1. The molecule has 6 rings (SSSR count).